The molecule has 1 heterocycles. The summed E-state index contributed by atoms with van der Waals surface area (Å²) in [6.45, 7) is 4.73. The summed E-state index contributed by atoms with van der Waals surface area (Å²) in [7, 11) is 0. The van der Waals surface area contributed by atoms with E-state index in [2.05, 4.69) is 13.8 Å². The molecular formula is C17H24ClNO. The van der Waals surface area contributed by atoms with Gasteiger partial charge in [-0.1, -0.05) is 25.4 Å². The highest BCUT2D eigenvalue weighted by Gasteiger charge is 2.42. The van der Waals surface area contributed by atoms with E-state index >= 15 is 0 Å². The van der Waals surface area contributed by atoms with Crippen LogP contribution < -0.4 is 10.5 Å². The van der Waals surface area contributed by atoms with Gasteiger partial charge >= 0.3 is 0 Å². The zero-order chi connectivity index (χ0) is 14.4. The lowest BCUT2D eigenvalue weighted by Gasteiger charge is -2.41. The van der Waals surface area contributed by atoms with Crippen molar-refractivity contribution in [3.05, 3.63) is 28.8 Å². The molecular weight excluding hydrogens is 270 g/mol. The standard InChI is InChI=1S/C17H24ClNO/c1-16(2)6-3-7-17(9-8-16)11-14(19)13-10-12(18)4-5-15(13)20-17/h4-5,10,14H,3,6-9,11,19H2,1-2H3. The topological polar surface area (TPSA) is 35.2 Å². The molecule has 110 valence electrons. The average molecular weight is 294 g/mol. The van der Waals surface area contributed by atoms with Gasteiger partial charge in [-0.2, -0.15) is 0 Å². The maximum Gasteiger partial charge on any atom is 0.125 e. The maximum absolute atomic E-state index is 6.42. The molecule has 1 fully saturated rings. The lowest BCUT2D eigenvalue weighted by Crippen LogP contribution is -2.42. The van der Waals surface area contributed by atoms with Gasteiger partial charge in [-0.05, 0) is 55.7 Å². The van der Waals surface area contributed by atoms with E-state index in [-0.39, 0.29) is 11.6 Å². The average Bonchev–Trinajstić information content (AvgIpc) is 2.51. The summed E-state index contributed by atoms with van der Waals surface area (Å²) >= 11 is 6.07. The van der Waals surface area contributed by atoms with Gasteiger partial charge in [0.1, 0.15) is 11.4 Å². The molecule has 1 aromatic carbocycles. The highest BCUT2D eigenvalue weighted by atomic mass is 35.5. The van der Waals surface area contributed by atoms with Crippen molar-refractivity contribution in [1.29, 1.82) is 0 Å². The van der Waals surface area contributed by atoms with Gasteiger partial charge in [0.05, 0.1) is 0 Å². The molecule has 2 atom stereocenters. The van der Waals surface area contributed by atoms with Gasteiger partial charge in [-0.15, -0.1) is 0 Å². The van der Waals surface area contributed by atoms with Gasteiger partial charge in [0, 0.05) is 23.0 Å². The van der Waals surface area contributed by atoms with Gasteiger partial charge in [-0.25, -0.2) is 0 Å². The number of nitrogens with two attached hydrogens (primary N) is 1. The number of hydrogen-bond donors (Lipinski definition) is 1. The number of ether oxygens (including phenoxy) is 1. The smallest absolute Gasteiger partial charge is 0.125 e. The molecule has 0 amide bonds. The SMILES string of the molecule is CC1(C)CCCC2(CC1)CC(N)c1cc(Cl)ccc1O2. The largest absolute Gasteiger partial charge is 0.487 e. The van der Waals surface area contributed by atoms with Crippen LogP contribution in [0, 0.1) is 5.41 Å². The van der Waals surface area contributed by atoms with Crippen LogP contribution in [0.1, 0.15) is 64.0 Å². The van der Waals surface area contributed by atoms with E-state index in [1.165, 1.54) is 19.3 Å². The van der Waals surface area contributed by atoms with Gasteiger partial charge in [-0.3, -0.25) is 0 Å². The molecule has 2 unspecified atom stereocenters. The second kappa shape index (κ2) is 4.92. The number of benzene rings is 1. The van der Waals surface area contributed by atoms with Crippen LogP contribution in [0.2, 0.25) is 5.02 Å². The summed E-state index contributed by atoms with van der Waals surface area (Å²) in [6.07, 6.45) is 6.85. The van der Waals surface area contributed by atoms with E-state index in [4.69, 9.17) is 22.1 Å². The second-order valence-electron chi connectivity index (χ2n) is 7.30. The van der Waals surface area contributed by atoms with E-state index in [9.17, 15) is 0 Å². The number of fused-ring (bicyclic) bond motifs is 1. The molecule has 0 saturated heterocycles. The monoisotopic (exact) mass is 293 g/mol. The Morgan fingerprint density at radius 3 is 2.80 bits per heavy atom. The molecule has 2 aliphatic rings. The number of rotatable bonds is 0. The van der Waals surface area contributed by atoms with E-state index < -0.39 is 0 Å². The minimum atomic E-state index is -0.0615. The minimum absolute atomic E-state index is 0.0404. The fourth-order valence-corrected chi connectivity index (χ4v) is 3.88. The first kappa shape index (κ1) is 14.2. The summed E-state index contributed by atoms with van der Waals surface area (Å²) in [6, 6.07) is 5.87. The molecule has 2 N–H and O–H groups in total. The second-order valence-corrected chi connectivity index (χ2v) is 7.73. The van der Waals surface area contributed by atoms with Gasteiger partial charge in [0.25, 0.3) is 0 Å². The number of hydrogen-bond acceptors (Lipinski definition) is 2. The molecule has 1 aliphatic heterocycles. The van der Waals surface area contributed by atoms with Crippen molar-refractivity contribution >= 4 is 11.6 Å². The molecule has 1 aromatic rings. The van der Waals surface area contributed by atoms with Crippen LogP contribution in [0.5, 0.6) is 5.75 Å². The van der Waals surface area contributed by atoms with Crippen LogP contribution in [0.4, 0.5) is 0 Å². The zero-order valence-corrected chi connectivity index (χ0v) is 13.2. The van der Waals surface area contributed by atoms with Crippen molar-refractivity contribution in [3.63, 3.8) is 0 Å². The predicted molar refractivity (Wildman–Crippen MR) is 83.2 cm³/mol. The summed E-state index contributed by atoms with van der Waals surface area (Å²) < 4.78 is 6.42. The Morgan fingerprint density at radius 1 is 1.20 bits per heavy atom. The third-order valence-corrected chi connectivity index (χ3v) is 5.27. The molecule has 1 saturated carbocycles. The van der Waals surface area contributed by atoms with E-state index in [0.717, 1.165) is 35.6 Å². The summed E-state index contributed by atoms with van der Waals surface area (Å²) in [5.74, 6) is 0.938. The van der Waals surface area contributed by atoms with Gasteiger partial charge in [0.15, 0.2) is 0 Å². The molecule has 0 radical (unpaired) electrons. The van der Waals surface area contributed by atoms with E-state index in [1.54, 1.807) is 0 Å². The van der Waals surface area contributed by atoms with Crippen molar-refractivity contribution < 1.29 is 4.74 Å². The quantitative estimate of drug-likeness (QED) is 0.742. The predicted octanol–water partition coefficient (Wildman–Crippen LogP) is 4.85. The Morgan fingerprint density at radius 2 is 2.00 bits per heavy atom. The van der Waals surface area contributed by atoms with Crippen molar-refractivity contribution in [2.75, 3.05) is 0 Å². The summed E-state index contributed by atoms with van der Waals surface area (Å²) in [5.41, 5.74) is 7.83. The number of halogens is 1. The summed E-state index contributed by atoms with van der Waals surface area (Å²) in [4.78, 5) is 0. The fraction of sp³-hybridized carbons (Fsp3) is 0.647. The lowest BCUT2D eigenvalue weighted by molar-refractivity contribution is 0.0189. The first-order valence-corrected chi connectivity index (χ1v) is 8.01. The third-order valence-electron chi connectivity index (χ3n) is 5.03. The highest BCUT2D eigenvalue weighted by Crippen LogP contribution is 2.48. The van der Waals surface area contributed by atoms with Crippen LogP contribution in [0.25, 0.3) is 0 Å². The van der Waals surface area contributed by atoms with Gasteiger partial charge < -0.3 is 10.5 Å². The minimum Gasteiger partial charge on any atom is -0.487 e. The molecule has 0 bridgehead atoms. The van der Waals surface area contributed by atoms with Crippen LogP contribution >= 0.6 is 11.6 Å². The van der Waals surface area contributed by atoms with Crippen LogP contribution in [0.3, 0.4) is 0 Å². The van der Waals surface area contributed by atoms with Crippen molar-refractivity contribution in [1.82, 2.24) is 0 Å². The summed E-state index contributed by atoms with van der Waals surface area (Å²) in [5, 5.41) is 0.737. The highest BCUT2D eigenvalue weighted by molar-refractivity contribution is 6.30. The van der Waals surface area contributed by atoms with E-state index in [0.29, 0.717) is 5.41 Å². The molecule has 1 spiro atoms. The first-order chi connectivity index (χ1) is 9.39. The van der Waals surface area contributed by atoms with Crippen LogP contribution in [-0.2, 0) is 0 Å². The van der Waals surface area contributed by atoms with Crippen molar-refractivity contribution in [2.24, 2.45) is 11.1 Å². The third kappa shape index (κ3) is 2.68. The van der Waals surface area contributed by atoms with Crippen LogP contribution in [0.15, 0.2) is 18.2 Å². The van der Waals surface area contributed by atoms with Crippen molar-refractivity contribution in [2.45, 2.75) is 64.0 Å². The Bertz CT molecular complexity index is 514. The normalized spacial score (nSPS) is 32.3. The Hall–Kier alpha value is -0.730. The molecule has 0 aromatic heterocycles. The lowest BCUT2D eigenvalue weighted by atomic mass is 9.80. The maximum atomic E-state index is 6.42. The Kier molecular flexibility index (Phi) is 3.50. The van der Waals surface area contributed by atoms with E-state index in [1.807, 2.05) is 18.2 Å². The Labute approximate surface area is 126 Å². The molecule has 20 heavy (non-hydrogen) atoms. The van der Waals surface area contributed by atoms with Gasteiger partial charge in [0.2, 0.25) is 0 Å². The van der Waals surface area contributed by atoms with Crippen molar-refractivity contribution in [3.8, 4) is 5.75 Å². The fourth-order valence-electron chi connectivity index (χ4n) is 3.70. The zero-order valence-electron chi connectivity index (χ0n) is 12.4. The Balaban J connectivity index is 1.88. The molecule has 3 heteroatoms. The molecule has 2 nitrogen and oxygen atoms in total. The first-order valence-electron chi connectivity index (χ1n) is 7.63. The molecule has 1 aliphatic carbocycles. The van der Waals surface area contributed by atoms with Crippen LogP contribution in [-0.4, -0.2) is 5.60 Å². The molecule has 3 rings (SSSR count).